The second-order valence-electron chi connectivity index (χ2n) is 4.14. The summed E-state index contributed by atoms with van der Waals surface area (Å²) in [6.45, 7) is 0. The molecule has 2 rings (SSSR count). The molecule has 0 amide bonds. The summed E-state index contributed by atoms with van der Waals surface area (Å²) in [6.07, 6.45) is 0. The van der Waals surface area contributed by atoms with E-state index in [4.69, 9.17) is 9.47 Å². The third-order valence-electron chi connectivity index (χ3n) is 2.94. The van der Waals surface area contributed by atoms with Crippen molar-refractivity contribution in [3.63, 3.8) is 0 Å². The van der Waals surface area contributed by atoms with E-state index in [-0.39, 0.29) is 10.6 Å². The maximum Gasteiger partial charge on any atom is 0.161 e. The van der Waals surface area contributed by atoms with E-state index < -0.39 is 0 Å². The molecule has 20 heavy (non-hydrogen) atoms. The highest BCUT2D eigenvalue weighted by Crippen LogP contribution is 2.38. The van der Waals surface area contributed by atoms with E-state index in [0.717, 1.165) is 14.7 Å². The van der Waals surface area contributed by atoms with Gasteiger partial charge in [0.1, 0.15) is 5.82 Å². The summed E-state index contributed by atoms with van der Waals surface area (Å²) in [5.74, 6) is 1.13. The van der Waals surface area contributed by atoms with Crippen LogP contribution >= 0.6 is 38.5 Å². The molecule has 0 aromatic heterocycles. The van der Waals surface area contributed by atoms with Crippen molar-refractivity contribution in [1.82, 2.24) is 0 Å². The summed E-state index contributed by atoms with van der Waals surface area (Å²) in [5.41, 5.74) is 2.03. The van der Waals surface area contributed by atoms with Crippen molar-refractivity contribution in [3.05, 3.63) is 56.9 Å². The van der Waals surface area contributed by atoms with Crippen LogP contribution in [-0.4, -0.2) is 14.2 Å². The summed E-state index contributed by atoms with van der Waals surface area (Å²) in [7, 11) is 3.21. The molecule has 1 unspecified atom stereocenters. The highest BCUT2D eigenvalue weighted by atomic mass is 127. The lowest BCUT2D eigenvalue weighted by molar-refractivity contribution is 0.354. The first kappa shape index (κ1) is 15.6. The SMILES string of the molecule is COc1ccc(C(Br)c2ccc(F)cc2I)cc1OC. The van der Waals surface area contributed by atoms with E-state index in [9.17, 15) is 4.39 Å². The fourth-order valence-corrected chi connectivity index (χ4v) is 3.80. The van der Waals surface area contributed by atoms with Crippen molar-refractivity contribution in [2.45, 2.75) is 4.83 Å². The Morgan fingerprint density at radius 2 is 1.75 bits per heavy atom. The van der Waals surface area contributed by atoms with Crippen LogP contribution < -0.4 is 9.47 Å². The number of benzene rings is 2. The molecule has 0 N–H and O–H groups in total. The normalized spacial score (nSPS) is 12.1. The van der Waals surface area contributed by atoms with E-state index in [2.05, 4.69) is 38.5 Å². The first-order valence-electron chi connectivity index (χ1n) is 5.87. The number of hydrogen-bond donors (Lipinski definition) is 0. The zero-order chi connectivity index (χ0) is 14.7. The zero-order valence-electron chi connectivity index (χ0n) is 11.0. The molecule has 0 radical (unpaired) electrons. The van der Waals surface area contributed by atoms with E-state index in [1.165, 1.54) is 12.1 Å². The average molecular weight is 451 g/mol. The molecular weight excluding hydrogens is 438 g/mol. The van der Waals surface area contributed by atoms with Crippen LogP contribution in [0.5, 0.6) is 11.5 Å². The van der Waals surface area contributed by atoms with Gasteiger partial charge in [-0.05, 0) is 58.0 Å². The Balaban J connectivity index is 2.40. The minimum absolute atomic E-state index is 0.0326. The van der Waals surface area contributed by atoms with E-state index >= 15 is 0 Å². The van der Waals surface area contributed by atoms with Gasteiger partial charge in [-0.25, -0.2) is 4.39 Å². The lowest BCUT2D eigenvalue weighted by atomic mass is 10.0. The number of hydrogen-bond acceptors (Lipinski definition) is 2. The standard InChI is InChI=1S/C15H13BrFIO2/c1-19-13-6-3-9(7-14(13)20-2)15(16)11-5-4-10(17)8-12(11)18/h3-8,15H,1-2H3. The molecule has 0 saturated carbocycles. The molecule has 5 heteroatoms. The second kappa shape index (κ2) is 6.76. The van der Waals surface area contributed by atoms with Gasteiger partial charge in [0.05, 0.1) is 19.0 Å². The van der Waals surface area contributed by atoms with Crippen LogP contribution in [0.2, 0.25) is 0 Å². The number of rotatable bonds is 4. The predicted molar refractivity (Wildman–Crippen MR) is 89.4 cm³/mol. The van der Waals surface area contributed by atoms with Gasteiger partial charge in [0.2, 0.25) is 0 Å². The number of ether oxygens (including phenoxy) is 2. The molecule has 2 aromatic rings. The van der Waals surface area contributed by atoms with Gasteiger partial charge >= 0.3 is 0 Å². The van der Waals surface area contributed by atoms with Crippen LogP contribution in [0.15, 0.2) is 36.4 Å². The molecule has 0 saturated heterocycles. The molecule has 0 aliphatic carbocycles. The molecule has 0 aliphatic rings. The smallest absolute Gasteiger partial charge is 0.161 e. The van der Waals surface area contributed by atoms with E-state index in [1.807, 2.05) is 18.2 Å². The Morgan fingerprint density at radius 1 is 1.05 bits per heavy atom. The van der Waals surface area contributed by atoms with Crippen molar-refractivity contribution < 1.29 is 13.9 Å². The monoisotopic (exact) mass is 450 g/mol. The molecule has 1 atom stereocenters. The minimum Gasteiger partial charge on any atom is -0.493 e. The van der Waals surface area contributed by atoms with Crippen molar-refractivity contribution in [1.29, 1.82) is 0 Å². The predicted octanol–water partition coefficient (Wildman–Crippen LogP) is 4.93. The van der Waals surface area contributed by atoms with Crippen LogP contribution in [0.25, 0.3) is 0 Å². The van der Waals surface area contributed by atoms with Crippen molar-refractivity contribution in [2.24, 2.45) is 0 Å². The van der Waals surface area contributed by atoms with Crippen molar-refractivity contribution >= 4 is 38.5 Å². The Hall–Kier alpha value is -0.820. The quantitative estimate of drug-likeness (QED) is 0.485. The summed E-state index contributed by atoms with van der Waals surface area (Å²) in [4.78, 5) is -0.0326. The molecule has 106 valence electrons. The lowest BCUT2D eigenvalue weighted by Gasteiger charge is -2.15. The topological polar surface area (TPSA) is 18.5 Å². The summed E-state index contributed by atoms with van der Waals surface area (Å²) in [5, 5.41) is 0. The molecule has 2 aromatic carbocycles. The van der Waals surface area contributed by atoms with Gasteiger partial charge in [-0.15, -0.1) is 0 Å². The third kappa shape index (κ3) is 3.25. The molecule has 0 aliphatic heterocycles. The lowest BCUT2D eigenvalue weighted by Crippen LogP contribution is -1.98. The minimum atomic E-state index is -0.231. The van der Waals surface area contributed by atoms with Gasteiger partial charge < -0.3 is 9.47 Å². The second-order valence-corrected chi connectivity index (χ2v) is 6.22. The fourth-order valence-electron chi connectivity index (χ4n) is 1.90. The zero-order valence-corrected chi connectivity index (χ0v) is 14.7. The molecule has 2 nitrogen and oxygen atoms in total. The fraction of sp³-hybridized carbons (Fsp3) is 0.200. The van der Waals surface area contributed by atoms with Gasteiger partial charge in [-0.3, -0.25) is 0 Å². The van der Waals surface area contributed by atoms with E-state index in [1.54, 1.807) is 20.3 Å². The van der Waals surface area contributed by atoms with Crippen LogP contribution in [-0.2, 0) is 0 Å². The summed E-state index contributed by atoms with van der Waals surface area (Å²) < 4.78 is 24.6. The first-order chi connectivity index (χ1) is 9.56. The highest BCUT2D eigenvalue weighted by Gasteiger charge is 2.16. The molecule has 0 heterocycles. The van der Waals surface area contributed by atoms with Gasteiger partial charge in [0.15, 0.2) is 11.5 Å². The molecule has 0 bridgehead atoms. The van der Waals surface area contributed by atoms with Gasteiger partial charge in [0.25, 0.3) is 0 Å². The summed E-state index contributed by atoms with van der Waals surface area (Å²) >= 11 is 5.79. The first-order valence-corrected chi connectivity index (χ1v) is 7.87. The van der Waals surface area contributed by atoms with Crippen LogP contribution in [0.3, 0.4) is 0 Å². The van der Waals surface area contributed by atoms with Crippen molar-refractivity contribution in [3.8, 4) is 11.5 Å². The Bertz CT molecular complexity index is 619. The highest BCUT2D eigenvalue weighted by molar-refractivity contribution is 14.1. The van der Waals surface area contributed by atoms with Crippen LogP contribution in [0.4, 0.5) is 4.39 Å². The summed E-state index contributed by atoms with van der Waals surface area (Å²) in [6, 6.07) is 10.5. The van der Waals surface area contributed by atoms with Gasteiger partial charge in [0, 0.05) is 3.57 Å². The third-order valence-corrected chi connectivity index (χ3v) is 4.89. The number of alkyl halides is 1. The van der Waals surface area contributed by atoms with Gasteiger partial charge in [-0.2, -0.15) is 0 Å². The van der Waals surface area contributed by atoms with Gasteiger partial charge in [-0.1, -0.05) is 28.1 Å². The molecule has 0 spiro atoms. The Morgan fingerprint density at radius 3 is 2.35 bits per heavy atom. The maximum atomic E-state index is 13.2. The Kier molecular flexibility index (Phi) is 5.26. The van der Waals surface area contributed by atoms with Crippen molar-refractivity contribution in [2.75, 3.05) is 14.2 Å². The van der Waals surface area contributed by atoms with E-state index in [0.29, 0.717) is 11.5 Å². The van der Waals surface area contributed by atoms with Crippen LogP contribution in [0.1, 0.15) is 16.0 Å². The number of halogens is 3. The largest absolute Gasteiger partial charge is 0.493 e. The van der Waals surface area contributed by atoms with Crippen LogP contribution in [0, 0.1) is 9.39 Å². The molecule has 0 fully saturated rings. The average Bonchev–Trinajstić information content (AvgIpc) is 2.45. The Labute approximate surface area is 139 Å². The maximum absolute atomic E-state index is 13.2. The number of methoxy groups -OCH3 is 2. The molecular formula is C15H13BrFIO2.